The van der Waals surface area contributed by atoms with Crippen LogP contribution in [-0.4, -0.2) is 11.7 Å². The number of benzene rings is 1. The molecule has 2 N–H and O–H groups in total. The topological polar surface area (TPSA) is 32.3 Å². The number of phenols is 1. The molecule has 1 aliphatic heterocycles. The lowest BCUT2D eigenvalue weighted by Gasteiger charge is -2.31. The molecule has 17 heavy (non-hydrogen) atoms. The molecule has 0 saturated carbocycles. The summed E-state index contributed by atoms with van der Waals surface area (Å²) < 4.78 is 0. The molecule has 2 aliphatic rings. The highest BCUT2D eigenvalue weighted by Crippen LogP contribution is 2.39. The van der Waals surface area contributed by atoms with Crippen molar-refractivity contribution in [2.24, 2.45) is 0 Å². The Morgan fingerprint density at radius 2 is 1.88 bits per heavy atom. The fraction of sp³-hybridized carbons (Fsp3) is 0.600. The smallest absolute Gasteiger partial charge is 0.119 e. The SMILES string of the molecule is CC1(c2ccc(O)c3c2CCCC3)CCCN1. The van der Waals surface area contributed by atoms with Gasteiger partial charge >= 0.3 is 0 Å². The van der Waals surface area contributed by atoms with Crippen LogP contribution in [0.3, 0.4) is 0 Å². The molecule has 0 radical (unpaired) electrons. The van der Waals surface area contributed by atoms with Crippen molar-refractivity contribution in [3.8, 4) is 5.75 Å². The summed E-state index contributed by atoms with van der Waals surface area (Å²) in [7, 11) is 0. The second-order valence-electron chi connectivity index (χ2n) is 5.66. The van der Waals surface area contributed by atoms with Crippen LogP contribution >= 0.6 is 0 Å². The Balaban J connectivity index is 2.11. The van der Waals surface area contributed by atoms with E-state index in [1.165, 1.54) is 42.4 Å². The van der Waals surface area contributed by atoms with Gasteiger partial charge in [-0.05, 0) is 74.8 Å². The van der Waals surface area contributed by atoms with E-state index in [4.69, 9.17) is 0 Å². The predicted molar refractivity (Wildman–Crippen MR) is 69.3 cm³/mol. The van der Waals surface area contributed by atoms with Gasteiger partial charge in [0, 0.05) is 5.54 Å². The maximum Gasteiger partial charge on any atom is 0.119 e. The monoisotopic (exact) mass is 231 g/mol. The van der Waals surface area contributed by atoms with Crippen molar-refractivity contribution < 1.29 is 5.11 Å². The quantitative estimate of drug-likeness (QED) is 0.779. The molecule has 1 aromatic carbocycles. The Labute approximate surface area is 103 Å². The van der Waals surface area contributed by atoms with Crippen LogP contribution in [0.25, 0.3) is 0 Å². The molecule has 1 aliphatic carbocycles. The first-order valence-corrected chi connectivity index (χ1v) is 6.80. The van der Waals surface area contributed by atoms with E-state index in [1.807, 2.05) is 6.07 Å². The van der Waals surface area contributed by atoms with Gasteiger partial charge in [0.25, 0.3) is 0 Å². The van der Waals surface area contributed by atoms with Gasteiger partial charge in [-0.15, -0.1) is 0 Å². The molecule has 0 aromatic heterocycles. The van der Waals surface area contributed by atoms with Gasteiger partial charge in [0.05, 0.1) is 0 Å². The van der Waals surface area contributed by atoms with Gasteiger partial charge in [-0.25, -0.2) is 0 Å². The molecule has 1 unspecified atom stereocenters. The minimum atomic E-state index is 0.134. The predicted octanol–water partition coefficient (Wildman–Crippen LogP) is 2.87. The second-order valence-corrected chi connectivity index (χ2v) is 5.66. The summed E-state index contributed by atoms with van der Waals surface area (Å²) in [6, 6.07) is 4.03. The molecule has 1 atom stereocenters. The van der Waals surface area contributed by atoms with Gasteiger partial charge in [-0.3, -0.25) is 0 Å². The molecular weight excluding hydrogens is 210 g/mol. The number of nitrogens with one attached hydrogen (secondary N) is 1. The molecule has 1 heterocycles. The molecule has 2 nitrogen and oxygen atoms in total. The van der Waals surface area contributed by atoms with Gasteiger partial charge in [-0.2, -0.15) is 0 Å². The molecule has 3 rings (SSSR count). The van der Waals surface area contributed by atoms with Gasteiger partial charge in [0.1, 0.15) is 5.75 Å². The highest BCUT2D eigenvalue weighted by molar-refractivity contribution is 5.48. The van der Waals surface area contributed by atoms with E-state index >= 15 is 0 Å². The highest BCUT2D eigenvalue weighted by Gasteiger charge is 2.33. The van der Waals surface area contributed by atoms with E-state index in [-0.39, 0.29) is 5.54 Å². The fourth-order valence-corrected chi connectivity index (χ4v) is 3.49. The first kappa shape index (κ1) is 11.1. The number of hydrogen-bond acceptors (Lipinski definition) is 2. The average Bonchev–Trinajstić information content (AvgIpc) is 2.78. The molecule has 1 saturated heterocycles. The summed E-state index contributed by atoms with van der Waals surface area (Å²) in [5.74, 6) is 0.505. The third-order valence-electron chi connectivity index (χ3n) is 4.47. The van der Waals surface area contributed by atoms with Gasteiger partial charge < -0.3 is 10.4 Å². The van der Waals surface area contributed by atoms with Crippen molar-refractivity contribution in [1.29, 1.82) is 0 Å². The van der Waals surface area contributed by atoms with Gasteiger partial charge in [0.2, 0.25) is 0 Å². The van der Waals surface area contributed by atoms with E-state index < -0.39 is 0 Å². The van der Waals surface area contributed by atoms with Crippen LogP contribution in [0.4, 0.5) is 0 Å². The maximum absolute atomic E-state index is 9.99. The van der Waals surface area contributed by atoms with E-state index in [2.05, 4.69) is 18.3 Å². The van der Waals surface area contributed by atoms with Crippen LogP contribution in [0.2, 0.25) is 0 Å². The van der Waals surface area contributed by atoms with Crippen LogP contribution in [0.15, 0.2) is 12.1 Å². The third-order valence-corrected chi connectivity index (χ3v) is 4.47. The number of aromatic hydroxyl groups is 1. The highest BCUT2D eigenvalue weighted by atomic mass is 16.3. The van der Waals surface area contributed by atoms with Crippen molar-refractivity contribution in [1.82, 2.24) is 5.32 Å². The Morgan fingerprint density at radius 1 is 1.12 bits per heavy atom. The number of rotatable bonds is 1. The lowest BCUT2D eigenvalue weighted by Crippen LogP contribution is -2.34. The molecule has 0 amide bonds. The van der Waals surface area contributed by atoms with E-state index in [1.54, 1.807) is 0 Å². The Morgan fingerprint density at radius 3 is 2.59 bits per heavy atom. The summed E-state index contributed by atoms with van der Waals surface area (Å²) >= 11 is 0. The number of phenolic OH excluding ortho intramolecular Hbond substituents is 1. The minimum Gasteiger partial charge on any atom is -0.508 e. The van der Waals surface area contributed by atoms with Crippen LogP contribution in [-0.2, 0) is 18.4 Å². The van der Waals surface area contributed by atoms with Crippen molar-refractivity contribution in [3.63, 3.8) is 0 Å². The fourth-order valence-electron chi connectivity index (χ4n) is 3.49. The van der Waals surface area contributed by atoms with Crippen molar-refractivity contribution >= 4 is 0 Å². The summed E-state index contributed by atoms with van der Waals surface area (Å²) in [4.78, 5) is 0. The minimum absolute atomic E-state index is 0.134. The zero-order chi connectivity index (χ0) is 11.9. The first-order chi connectivity index (χ1) is 8.21. The van der Waals surface area contributed by atoms with Crippen molar-refractivity contribution in [2.45, 2.75) is 51.0 Å². The Kier molecular flexibility index (Phi) is 2.62. The maximum atomic E-state index is 9.99. The molecule has 0 bridgehead atoms. The van der Waals surface area contributed by atoms with Crippen LogP contribution < -0.4 is 5.32 Å². The summed E-state index contributed by atoms with van der Waals surface area (Å²) in [5, 5.41) is 13.6. The summed E-state index contributed by atoms with van der Waals surface area (Å²) in [6.45, 7) is 3.42. The number of fused-ring (bicyclic) bond motifs is 1. The van der Waals surface area contributed by atoms with Gasteiger partial charge in [-0.1, -0.05) is 6.07 Å². The van der Waals surface area contributed by atoms with E-state index in [0.717, 1.165) is 19.4 Å². The normalized spacial score (nSPS) is 28.1. The summed E-state index contributed by atoms with van der Waals surface area (Å²) in [6.07, 6.45) is 7.13. The zero-order valence-corrected chi connectivity index (χ0v) is 10.6. The molecule has 0 spiro atoms. The average molecular weight is 231 g/mol. The van der Waals surface area contributed by atoms with Crippen molar-refractivity contribution in [3.05, 3.63) is 28.8 Å². The lowest BCUT2D eigenvalue weighted by molar-refractivity contribution is 0.421. The molecular formula is C15H21NO. The molecule has 1 aromatic rings. The van der Waals surface area contributed by atoms with Crippen LogP contribution in [0.5, 0.6) is 5.75 Å². The number of hydrogen-bond donors (Lipinski definition) is 2. The first-order valence-electron chi connectivity index (χ1n) is 6.80. The van der Waals surface area contributed by atoms with E-state index in [0.29, 0.717) is 5.75 Å². The zero-order valence-electron chi connectivity index (χ0n) is 10.6. The molecule has 2 heteroatoms. The van der Waals surface area contributed by atoms with Crippen LogP contribution in [0, 0.1) is 0 Å². The molecule has 1 fully saturated rings. The van der Waals surface area contributed by atoms with E-state index in [9.17, 15) is 5.11 Å². The lowest BCUT2D eigenvalue weighted by atomic mass is 9.79. The third kappa shape index (κ3) is 1.75. The molecule has 92 valence electrons. The second kappa shape index (κ2) is 4.02. The Bertz CT molecular complexity index is 433. The van der Waals surface area contributed by atoms with Crippen LogP contribution in [0.1, 0.15) is 49.3 Å². The van der Waals surface area contributed by atoms with Gasteiger partial charge in [0.15, 0.2) is 0 Å². The largest absolute Gasteiger partial charge is 0.508 e. The summed E-state index contributed by atoms with van der Waals surface area (Å²) in [5.41, 5.74) is 4.20. The van der Waals surface area contributed by atoms with Crippen molar-refractivity contribution in [2.75, 3.05) is 6.54 Å². The Hall–Kier alpha value is -1.02. The standard InChI is InChI=1S/C15H21NO/c1-15(9-4-10-16-15)13-7-8-14(17)12-6-3-2-5-11(12)13/h7-8,16-17H,2-6,9-10H2,1H3.